The molecule has 0 saturated carbocycles. The van der Waals surface area contributed by atoms with Crippen LogP contribution >= 0.6 is 11.9 Å². The van der Waals surface area contributed by atoms with Crippen LogP contribution in [-0.4, -0.2) is 39.6 Å². The van der Waals surface area contributed by atoms with E-state index in [2.05, 4.69) is 0 Å². The highest BCUT2D eigenvalue weighted by atomic mass is 32.2. The number of aliphatic imine (C=N–C) groups is 1. The quantitative estimate of drug-likeness (QED) is 0.298. The van der Waals surface area contributed by atoms with Crippen molar-refractivity contribution in [2.75, 3.05) is 7.11 Å². The number of nitro groups is 1. The number of ether oxygens (including phenoxy) is 1. The second kappa shape index (κ2) is 8.27. The van der Waals surface area contributed by atoms with Crippen LogP contribution in [0.2, 0.25) is 0 Å². The van der Waals surface area contributed by atoms with E-state index in [9.17, 15) is 19.7 Å². The summed E-state index contributed by atoms with van der Waals surface area (Å²) in [5.41, 5.74) is -0.510. The van der Waals surface area contributed by atoms with Crippen molar-refractivity contribution in [2.24, 2.45) is 10.9 Å². The molecule has 9 heteroatoms. The van der Waals surface area contributed by atoms with E-state index in [1.54, 1.807) is 49.4 Å². The maximum absolute atomic E-state index is 13.4. The molecule has 0 radical (unpaired) electrons. The summed E-state index contributed by atoms with van der Waals surface area (Å²) < 4.78 is 6.21. The Morgan fingerprint density at radius 2 is 1.83 bits per heavy atom. The first-order valence-electron chi connectivity index (χ1n) is 9.24. The van der Waals surface area contributed by atoms with E-state index < -0.39 is 16.4 Å². The van der Waals surface area contributed by atoms with Crippen LogP contribution < -0.4 is 0 Å². The van der Waals surface area contributed by atoms with E-state index in [4.69, 9.17) is 9.73 Å². The first kappa shape index (κ1) is 21.5. The molecule has 0 spiro atoms. The minimum atomic E-state index is -1.07. The summed E-state index contributed by atoms with van der Waals surface area (Å²) in [6.45, 7) is 5.48. The molecule has 1 aliphatic heterocycles. The highest BCUT2D eigenvalue weighted by Gasteiger charge is 2.48. The summed E-state index contributed by atoms with van der Waals surface area (Å²) in [4.78, 5) is 41.6. The third kappa shape index (κ3) is 3.68. The van der Waals surface area contributed by atoms with Crippen molar-refractivity contribution in [3.8, 4) is 0 Å². The van der Waals surface area contributed by atoms with Gasteiger partial charge in [0.05, 0.1) is 17.6 Å². The number of hydrogen-bond donors (Lipinski definition) is 0. The number of carbonyl (C=O) groups is 2. The Morgan fingerprint density at radius 3 is 2.47 bits per heavy atom. The number of para-hydroxylation sites is 1. The monoisotopic (exact) mass is 427 g/mol. The Morgan fingerprint density at radius 1 is 1.20 bits per heavy atom. The number of nitrogens with zero attached hydrogens (tertiary/aromatic N) is 3. The zero-order chi connectivity index (χ0) is 22.1. The summed E-state index contributed by atoms with van der Waals surface area (Å²) in [5, 5.41) is 11.4. The molecule has 0 aliphatic carbocycles. The molecule has 1 atom stereocenters. The lowest BCUT2D eigenvalue weighted by Gasteiger charge is -2.25. The molecule has 3 rings (SSSR count). The van der Waals surface area contributed by atoms with E-state index in [1.807, 2.05) is 13.8 Å². The van der Waals surface area contributed by atoms with Crippen molar-refractivity contribution in [3.05, 3.63) is 69.8 Å². The van der Waals surface area contributed by atoms with Crippen LogP contribution in [-0.2, 0) is 9.53 Å². The minimum Gasteiger partial charge on any atom is -0.465 e. The molecule has 2 aromatic rings. The second-order valence-corrected chi connectivity index (χ2v) is 8.18. The standard InChI is InChI=1S/C21H21N3O5S/c1-13(2)21(3)20(26)23(30-17-12-8-7-11-16(17)24(27)28)18(22-21)14-9-5-6-10-15(14)19(25)29-4/h5-13H,1-4H3. The van der Waals surface area contributed by atoms with Gasteiger partial charge in [0.25, 0.3) is 11.6 Å². The second-order valence-electron chi connectivity index (χ2n) is 7.19. The highest BCUT2D eigenvalue weighted by molar-refractivity contribution is 7.98. The van der Waals surface area contributed by atoms with Crippen molar-refractivity contribution >= 4 is 35.3 Å². The smallest absolute Gasteiger partial charge is 0.338 e. The average molecular weight is 427 g/mol. The molecule has 156 valence electrons. The average Bonchev–Trinajstić information content (AvgIpc) is 2.99. The minimum absolute atomic E-state index is 0.117. The van der Waals surface area contributed by atoms with Crippen molar-refractivity contribution in [2.45, 2.75) is 31.2 Å². The summed E-state index contributed by atoms with van der Waals surface area (Å²) in [5.74, 6) is -0.744. The molecule has 0 aromatic heterocycles. The van der Waals surface area contributed by atoms with E-state index >= 15 is 0 Å². The maximum atomic E-state index is 13.4. The number of hydrogen-bond acceptors (Lipinski definition) is 7. The van der Waals surface area contributed by atoms with Crippen LogP contribution in [0.3, 0.4) is 0 Å². The van der Waals surface area contributed by atoms with Gasteiger partial charge in [0.15, 0.2) is 0 Å². The molecule has 30 heavy (non-hydrogen) atoms. The molecule has 0 bridgehead atoms. The molecule has 0 fully saturated rings. The Bertz CT molecular complexity index is 1050. The van der Waals surface area contributed by atoms with Gasteiger partial charge in [-0.1, -0.05) is 44.2 Å². The number of carbonyl (C=O) groups excluding carboxylic acids is 2. The first-order valence-corrected chi connectivity index (χ1v) is 10.0. The van der Waals surface area contributed by atoms with E-state index in [0.717, 1.165) is 11.9 Å². The Kier molecular flexibility index (Phi) is 5.93. The zero-order valence-electron chi connectivity index (χ0n) is 17.0. The van der Waals surface area contributed by atoms with Gasteiger partial charge in [-0.25, -0.2) is 14.1 Å². The lowest BCUT2D eigenvalue weighted by molar-refractivity contribution is -0.387. The first-order chi connectivity index (χ1) is 14.2. The van der Waals surface area contributed by atoms with Crippen LogP contribution in [0.15, 0.2) is 58.4 Å². The molecule has 1 unspecified atom stereocenters. The molecule has 0 saturated heterocycles. The fourth-order valence-corrected chi connectivity index (χ4v) is 4.06. The SMILES string of the molecule is COC(=O)c1ccccc1C1=NC(C)(C(C)C)C(=O)N1Sc1ccccc1[N+](=O)[O-]. The van der Waals surface area contributed by atoms with Gasteiger partial charge < -0.3 is 4.74 Å². The highest BCUT2D eigenvalue weighted by Crippen LogP contribution is 2.41. The summed E-state index contributed by atoms with van der Waals surface area (Å²) in [6, 6.07) is 12.9. The van der Waals surface area contributed by atoms with Crippen molar-refractivity contribution in [1.29, 1.82) is 0 Å². The van der Waals surface area contributed by atoms with E-state index in [1.165, 1.54) is 17.5 Å². The molecule has 0 N–H and O–H groups in total. The van der Waals surface area contributed by atoms with E-state index in [-0.39, 0.29) is 28.9 Å². The fourth-order valence-electron chi connectivity index (χ4n) is 2.99. The molecule has 2 aromatic carbocycles. The fraction of sp³-hybridized carbons (Fsp3) is 0.286. The third-order valence-corrected chi connectivity index (χ3v) is 6.16. The lowest BCUT2D eigenvalue weighted by Crippen LogP contribution is -2.41. The van der Waals surface area contributed by atoms with Gasteiger partial charge in [-0.05, 0) is 25.0 Å². The van der Waals surface area contributed by atoms with Crippen molar-refractivity contribution in [3.63, 3.8) is 0 Å². The topological polar surface area (TPSA) is 102 Å². The molecular formula is C21H21N3O5S. The maximum Gasteiger partial charge on any atom is 0.338 e. The lowest BCUT2D eigenvalue weighted by atomic mass is 9.89. The zero-order valence-corrected chi connectivity index (χ0v) is 17.8. The third-order valence-electron chi connectivity index (χ3n) is 5.10. The Balaban J connectivity index is 2.15. The molecule has 1 heterocycles. The number of esters is 1. The molecule has 8 nitrogen and oxygen atoms in total. The predicted molar refractivity (Wildman–Crippen MR) is 113 cm³/mol. The Hall–Kier alpha value is -3.20. The van der Waals surface area contributed by atoms with Gasteiger partial charge in [-0.2, -0.15) is 0 Å². The van der Waals surface area contributed by atoms with Crippen LogP contribution in [0.4, 0.5) is 5.69 Å². The van der Waals surface area contributed by atoms with Crippen LogP contribution in [0.25, 0.3) is 0 Å². The van der Waals surface area contributed by atoms with E-state index in [0.29, 0.717) is 10.5 Å². The number of nitro benzene ring substituents is 1. The molecule has 1 aliphatic rings. The van der Waals surface area contributed by atoms with Gasteiger partial charge in [-0.15, -0.1) is 0 Å². The van der Waals surface area contributed by atoms with Crippen LogP contribution in [0, 0.1) is 16.0 Å². The Labute approximate surface area is 178 Å². The summed E-state index contributed by atoms with van der Waals surface area (Å²) >= 11 is 0.924. The number of amides is 1. The van der Waals surface area contributed by atoms with Crippen molar-refractivity contribution < 1.29 is 19.2 Å². The van der Waals surface area contributed by atoms with Crippen molar-refractivity contribution in [1.82, 2.24) is 4.31 Å². The van der Waals surface area contributed by atoms with Gasteiger partial charge in [0, 0.05) is 23.6 Å². The van der Waals surface area contributed by atoms with Crippen LogP contribution in [0.1, 0.15) is 36.7 Å². The summed E-state index contributed by atoms with van der Waals surface area (Å²) in [6.07, 6.45) is 0. The number of methoxy groups -OCH3 is 1. The largest absolute Gasteiger partial charge is 0.465 e. The number of amidine groups is 1. The van der Waals surface area contributed by atoms with Gasteiger partial charge in [0.2, 0.25) is 0 Å². The predicted octanol–water partition coefficient (Wildman–Crippen LogP) is 4.09. The van der Waals surface area contributed by atoms with Gasteiger partial charge in [0.1, 0.15) is 16.3 Å². The molecule has 1 amide bonds. The van der Waals surface area contributed by atoms with Gasteiger partial charge >= 0.3 is 5.97 Å². The number of benzene rings is 2. The van der Waals surface area contributed by atoms with Crippen LogP contribution in [0.5, 0.6) is 0 Å². The molecular weight excluding hydrogens is 406 g/mol. The van der Waals surface area contributed by atoms with Gasteiger partial charge in [-0.3, -0.25) is 14.9 Å². The summed E-state index contributed by atoms with van der Waals surface area (Å²) in [7, 11) is 1.28. The number of rotatable bonds is 6. The normalized spacial score (nSPS) is 18.5.